The Morgan fingerprint density at radius 3 is 2.43 bits per heavy atom. The van der Waals surface area contributed by atoms with Gasteiger partial charge in [-0.3, -0.25) is 9.78 Å². The normalized spacial score (nSPS) is 10.6. The molecule has 2 N–H and O–H groups in total. The summed E-state index contributed by atoms with van der Waals surface area (Å²) in [6.07, 6.45) is 2.96. The van der Waals surface area contributed by atoms with E-state index in [9.17, 15) is 13.6 Å². The molecule has 4 rings (SSSR count). The molecule has 2 aromatic carbocycles. The van der Waals surface area contributed by atoms with E-state index in [1.165, 1.54) is 18.3 Å². The average molecular weight is 377 g/mol. The number of fused-ring (bicyclic) bond motifs is 1. The van der Waals surface area contributed by atoms with E-state index in [-0.39, 0.29) is 11.6 Å². The molecule has 0 unspecified atom stereocenters. The van der Waals surface area contributed by atoms with Crippen LogP contribution in [0.1, 0.15) is 10.5 Å². The van der Waals surface area contributed by atoms with E-state index >= 15 is 0 Å². The Labute approximate surface area is 158 Å². The summed E-state index contributed by atoms with van der Waals surface area (Å²) in [6.45, 7) is 0. The third kappa shape index (κ3) is 3.48. The molecule has 28 heavy (non-hydrogen) atoms. The molecule has 0 saturated carbocycles. The van der Waals surface area contributed by atoms with E-state index in [2.05, 4.69) is 25.6 Å². The molecule has 0 bridgehead atoms. The molecule has 0 spiro atoms. The Kier molecular flexibility index (Phi) is 4.59. The Morgan fingerprint density at radius 2 is 1.61 bits per heavy atom. The molecule has 0 atom stereocenters. The lowest BCUT2D eigenvalue weighted by molar-refractivity contribution is 0.102. The molecule has 2 aromatic heterocycles. The second-order valence-electron chi connectivity index (χ2n) is 5.82. The Hall–Kier alpha value is -3.94. The summed E-state index contributed by atoms with van der Waals surface area (Å²) in [7, 11) is 0. The van der Waals surface area contributed by atoms with E-state index < -0.39 is 23.2 Å². The van der Waals surface area contributed by atoms with Crippen LogP contribution in [0, 0.1) is 11.6 Å². The lowest BCUT2D eigenvalue weighted by Crippen LogP contribution is -2.15. The summed E-state index contributed by atoms with van der Waals surface area (Å²) in [4.78, 5) is 24.8. The Balaban J connectivity index is 1.59. The number of pyridine rings is 1. The average Bonchev–Trinajstić information content (AvgIpc) is 2.71. The minimum absolute atomic E-state index is 0.0298. The predicted octanol–water partition coefficient (Wildman–Crippen LogP) is 4.30. The van der Waals surface area contributed by atoms with E-state index in [4.69, 9.17) is 0 Å². The third-order valence-electron chi connectivity index (χ3n) is 3.97. The van der Waals surface area contributed by atoms with Gasteiger partial charge >= 0.3 is 0 Å². The van der Waals surface area contributed by atoms with Crippen molar-refractivity contribution < 1.29 is 13.6 Å². The van der Waals surface area contributed by atoms with Crippen LogP contribution in [-0.4, -0.2) is 20.9 Å². The van der Waals surface area contributed by atoms with Crippen LogP contribution in [-0.2, 0) is 0 Å². The van der Waals surface area contributed by atoms with Gasteiger partial charge in [0.05, 0.1) is 11.2 Å². The van der Waals surface area contributed by atoms with Gasteiger partial charge in [0, 0.05) is 17.8 Å². The molecule has 0 fully saturated rings. The van der Waals surface area contributed by atoms with Gasteiger partial charge < -0.3 is 10.6 Å². The van der Waals surface area contributed by atoms with Gasteiger partial charge in [0.1, 0.15) is 23.0 Å². The number of halogens is 2. The predicted molar refractivity (Wildman–Crippen MR) is 101 cm³/mol. The number of hydrogen-bond acceptors (Lipinski definition) is 5. The molecule has 8 heteroatoms. The van der Waals surface area contributed by atoms with Crippen LogP contribution in [0.15, 0.2) is 67.0 Å². The molecule has 0 radical (unpaired) electrons. The minimum Gasteiger partial charge on any atom is -0.319 e. The number of amides is 1. The summed E-state index contributed by atoms with van der Waals surface area (Å²) < 4.78 is 27.6. The number of anilines is 3. The highest BCUT2D eigenvalue weighted by Gasteiger charge is 2.14. The lowest BCUT2D eigenvalue weighted by Gasteiger charge is -2.09. The van der Waals surface area contributed by atoms with Crippen LogP contribution in [0.4, 0.5) is 26.1 Å². The largest absolute Gasteiger partial charge is 0.319 e. The SMILES string of the molecule is O=C(Nc1cccc2cccnc12)c1ccnc(Nc2c(F)cccc2F)n1. The van der Waals surface area contributed by atoms with Crippen molar-refractivity contribution in [2.24, 2.45) is 0 Å². The number of aromatic nitrogens is 3. The molecule has 1 amide bonds. The maximum absolute atomic E-state index is 13.8. The standard InChI is InChI=1S/C20H13F2N5O/c21-13-6-2-7-14(22)18(13)27-20-24-11-9-16(26-20)19(28)25-15-8-1-4-12-5-3-10-23-17(12)15/h1-11H,(H,25,28)(H,24,26,27). The fourth-order valence-electron chi connectivity index (χ4n) is 2.67. The monoisotopic (exact) mass is 377 g/mol. The summed E-state index contributed by atoms with van der Waals surface area (Å²) in [5, 5.41) is 6.09. The second-order valence-corrected chi connectivity index (χ2v) is 5.82. The zero-order chi connectivity index (χ0) is 19.5. The van der Waals surface area contributed by atoms with E-state index in [0.29, 0.717) is 11.2 Å². The first-order valence-electron chi connectivity index (χ1n) is 8.31. The fraction of sp³-hybridized carbons (Fsp3) is 0. The highest BCUT2D eigenvalue weighted by Crippen LogP contribution is 2.23. The zero-order valence-corrected chi connectivity index (χ0v) is 14.4. The van der Waals surface area contributed by atoms with Crippen molar-refractivity contribution in [3.05, 3.63) is 84.3 Å². The van der Waals surface area contributed by atoms with Crippen LogP contribution in [0.2, 0.25) is 0 Å². The summed E-state index contributed by atoms with van der Waals surface area (Å²) in [6, 6.07) is 14.0. The van der Waals surface area contributed by atoms with Crippen LogP contribution in [0.5, 0.6) is 0 Å². The van der Waals surface area contributed by atoms with E-state index in [1.807, 2.05) is 12.1 Å². The molecular weight excluding hydrogens is 364 g/mol. The minimum atomic E-state index is -0.791. The first-order chi connectivity index (χ1) is 13.6. The number of carbonyl (C=O) groups excluding carboxylic acids is 1. The number of carbonyl (C=O) groups is 1. The number of nitrogens with one attached hydrogen (secondary N) is 2. The van der Waals surface area contributed by atoms with Crippen molar-refractivity contribution in [2.75, 3.05) is 10.6 Å². The highest BCUT2D eigenvalue weighted by molar-refractivity contribution is 6.07. The summed E-state index contributed by atoms with van der Waals surface area (Å²) in [5.74, 6) is -2.19. The molecule has 0 aliphatic carbocycles. The van der Waals surface area contributed by atoms with Crippen LogP contribution in [0.3, 0.4) is 0 Å². The number of para-hydroxylation sites is 2. The number of nitrogens with zero attached hydrogens (tertiary/aromatic N) is 3. The first-order valence-corrected chi connectivity index (χ1v) is 8.31. The van der Waals surface area contributed by atoms with Crippen molar-refractivity contribution in [2.45, 2.75) is 0 Å². The molecule has 2 heterocycles. The lowest BCUT2D eigenvalue weighted by atomic mass is 10.2. The van der Waals surface area contributed by atoms with Gasteiger partial charge in [0.2, 0.25) is 5.95 Å². The Morgan fingerprint density at radius 1 is 0.857 bits per heavy atom. The molecule has 6 nitrogen and oxygen atoms in total. The summed E-state index contributed by atoms with van der Waals surface area (Å²) >= 11 is 0. The maximum atomic E-state index is 13.8. The maximum Gasteiger partial charge on any atom is 0.274 e. The fourth-order valence-corrected chi connectivity index (χ4v) is 2.67. The van der Waals surface area contributed by atoms with Gasteiger partial charge in [0.15, 0.2) is 0 Å². The van der Waals surface area contributed by atoms with Crippen LogP contribution >= 0.6 is 0 Å². The number of benzene rings is 2. The number of hydrogen-bond donors (Lipinski definition) is 2. The molecule has 138 valence electrons. The topological polar surface area (TPSA) is 79.8 Å². The molecule has 0 aliphatic heterocycles. The second kappa shape index (κ2) is 7.36. The van der Waals surface area contributed by atoms with Gasteiger partial charge in [-0.1, -0.05) is 24.3 Å². The van der Waals surface area contributed by atoms with Gasteiger partial charge in [0.25, 0.3) is 5.91 Å². The number of rotatable bonds is 4. The third-order valence-corrected chi connectivity index (χ3v) is 3.97. The molecule has 0 aliphatic rings. The van der Waals surface area contributed by atoms with Crippen LogP contribution < -0.4 is 10.6 Å². The van der Waals surface area contributed by atoms with E-state index in [1.54, 1.807) is 24.4 Å². The van der Waals surface area contributed by atoms with Crippen molar-refractivity contribution in [1.29, 1.82) is 0 Å². The van der Waals surface area contributed by atoms with E-state index in [0.717, 1.165) is 17.5 Å². The van der Waals surface area contributed by atoms with Crippen molar-refractivity contribution >= 4 is 34.1 Å². The highest BCUT2D eigenvalue weighted by atomic mass is 19.1. The van der Waals surface area contributed by atoms with Gasteiger partial charge in [-0.05, 0) is 30.3 Å². The smallest absolute Gasteiger partial charge is 0.274 e. The quantitative estimate of drug-likeness (QED) is 0.554. The molecule has 4 aromatic rings. The van der Waals surface area contributed by atoms with Gasteiger partial charge in [-0.25, -0.2) is 18.7 Å². The summed E-state index contributed by atoms with van der Waals surface area (Å²) in [5.41, 5.74) is 0.802. The van der Waals surface area contributed by atoms with Crippen molar-refractivity contribution in [1.82, 2.24) is 15.0 Å². The molecule has 0 saturated heterocycles. The molecular formula is C20H13F2N5O. The van der Waals surface area contributed by atoms with Crippen LogP contribution in [0.25, 0.3) is 10.9 Å². The van der Waals surface area contributed by atoms with Gasteiger partial charge in [-0.15, -0.1) is 0 Å². The Bertz CT molecular complexity index is 1160. The first kappa shape index (κ1) is 17.5. The zero-order valence-electron chi connectivity index (χ0n) is 14.4. The van der Waals surface area contributed by atoms with Crippen molar-refractivity contribution in [3.8, 4) is 0 Å². The van der Waals surface area contributed by atoms with Gasteiger partial charge in [-0.2, -0.15) is 0 Å². The van der Waals surface area contributed by atoms with Crippen molar-refractivity contribution in [3.63, 3.8) is 0 Å².